The summed E-state index contributed by atoms with van der Waals surface area (Å²) in [7, 11) is -0.230. The Kier molecular flexibility index (Phi) is 12.5. The number of ether oxygens (including phenoxy) is 6. The minimum atomic E-state index is -3.31. The van der Waals surface area contributed by atoms with E-state index in [1.54, 1.807) is 67.8 Å². The lowest BCUT2D eigenvalue weighted by molar-refractivity contribution is 0.225. The monoisotopic (exact) mass is 922 g/mol. The number of aromatic nitrogens is 6. The largest absolute Gasteiger partial charge is 0.493 e. The summed E-state index contributed by atoms with van der Waals surface area (Å²) in [5.41, 5.74) is 4.26. The minimum absolute atomic E-state index is 0.0397. The number of aromatic amines is 2. The van der Waals surface area contributed by atoms with Crippen LogP contribution < -0.4 is 33.7 Å². The second-order valence-electron chi connectivity index (χ2n) is 16.3. The van der Waals surface area contributed by atoms with Gasteiger partial charge in [-0.05, 0) is 94.6 Å². The maximum atomic E-state index is 15.1. The molecule has 0 spiro atoms. The molecule has 10 rings (SSSR count). The summed E-state index contributed by atoms with van der Waals surface area (Å²) < 4.78 is 90.3. The minimum Gasteiger partial charge on any atom is -0.493 e. The van der Waals surface area contributed by atoms with Crippen molar-refractivity contribution in [2.45, 2.75) is 51.6 Å². The third-order valence-corrected chi connectivity index (χ3v) is 13.0. The summed E-state index contributed by atoms with van der Waals surface area (Å²) in [6.45, 7) is 5.98. The lowest BCUT2D eigenvalue weighted by Gasteiger charge is -2.22. The molecule has 2 aliphatic rings. The second kappa shape index (κ2) is 18.6. The summed E-state index contributed by atoms with van der Waals surface area (Å²) in [5.74, 6) is 1.59. The first-order chi connectivity index (χ1) is 31.9. The Morgan fingerprint density at radius 3 is 1.67 bits per heavy atom. The van der Waals surface area contributed by atoms with E-state index in [1.807, 2.05) is 13.8 Å². The number of sulfonamides is 1. The number of hydrogen-bond acceptors (Lipinski definition) is 13. The predicted octanol–water partition coefficient (Wildman–Crippen LogP) is 8.65. The Morgan fingerprint density at radius 1 is 0.652 bits per heavy atom. The van der Waals surface area contributed by atoms with Crippen molar-refractivity contribution in [3.05, 3.63) is 96.3 Å². The van der Waals surface area contributed by atoms with Crippen LogP contribution in [-0.4, -0.2) is 101 Å². The van der Waals surface area contributed by atoms with Crippen molar-refractivity contribution in [2.24, 2.45) is 0 Å². The lowest BCUT2D eigenvalue weighted by Crippen LogP contribution is -2.38. The van der Waals surface area contributed by atoms with E-state index >= 15 is 4.39 Å². The van der Waals surface area contributed by atoms with Crippen LogP contribution in [0.1, 0.15) is 37.1 Å². The number of fused-ring (bicyclic) bond motifs is 4. The van der Waals surface area contributed by atoms with Crippen LogP contribution in [0.15, 0.2) is 73.3 Å². The number of rotatable bonds is 13. The van der Waals surface area contributed by atoms with E-state index in [0.717, 1.165) is 49.1 Å². The highest BCUT2D eigenvalue weighted by molar-refractivity contribution is 7.88. The van der Waals surface area contributed by atoms with Crippen LogP contribution >= 0.6 is 0 Å². The summed E-state index contributed by atoms with van der Waals surface area (Å²) in [6.07, 6.45) is 7.68. The first-order valence-electron chi connectivity index (χ1n) is 21.4. The molecule has 2 fully saturated rings. The second-order valence-corrected chi connectivity index (χ2v) is 18.2. The van der Waals surface area contributed by atoms with Crippen LogP contribution in [0.2, 0.25) is 0 Å². The van der Waals surface area contributed by atoms with Crippen LogP contribution in [0.5, 0.6) is 46.3 Å². The molecule has 16 nitrogen and oxygen atoms in total. The molecule has 2 atom stereocenters. The predicted molar refractivity (Wildman–Crippen MR) is 245 cm³/mol. The maximum Gasteiger partial charge on any atom is 0.230 e. The molecule has 4 aromatic heterocycles. The van der Waals surface area contributed by atoms with Gasteiger partial charge >= 0.3 is 0 Å². The molecular weight excluding hydrogens is 875 g/mol. The van der Waals surface area contributed by atoms with Gasteiger partial charge in [0.05, 0.1) is 48.3 Å². The van der Waals surface area contributed by atoms with Crippen LogP contribution in [0.3, 0.4) is 0 Å². The highest BCUT2D eigenvalue weighted by atomic mass is 32.2. The van der Waals surface area contributed by atoms with E-state index in [2.05, 4.69) is 35.2 Å². The molecule has 0 saturated carbocycles. The zero-order valence-corrected chi connectivity index (χ0v) is 37.7. The molecule has 8 aromatic rings. The summed E-state index contributed by atoms with van der Waals surface area (Å²) in [4.78, 5) is 23.3. The average Bonchev–Trinajstić information content (AvgIpc) is 4.14. The lowest BCUT2D eigenvalue weighted by atomic mass is 10.2. The highest BCUT2D eigenvalue weighted by Crippen LogP contribution is 2.40. The normalized spacial score (nSPS) is 16.5. The van der Waals surface area contributed by atoms with Crippen LogP contribution in [0.4, 0.5) is 8.78 Å². The number of methoxy groups -OCH3 is 2. The molecular formula is C47H48F2N8O8S. The molecule has 66 heavy (non-hydrogen) atoms. The van der Waals surface area contributed by atoms with Gasteiger partial charge in [0.2, 0.25) is 21.8 Å². The van der Waals surface area contributed by atoms with Crippen LogP contribution in [-0.2, 0) is 10.0 Å². The summed E-state index contributed by atoms with van der Waals surface area (Å²) >= 11 is 0. The Labute approximate surface area is 378 Å². The van der Waals surface area contributed by atoms with Crippen molar-refractivity contribution in [3.63, 3.8) is 0 Å². The number of benzene rings is 4. The molecule has 19 heteroatoms. The standard InChI is InChI=1S/C24H25FN4O5S.C23H23FN4O3/c1-14-9-16-18(28-14)6-7-20(23(16)25)34-24-17-10-21(32-2)22(11-19(17)26-13-27-24)33-12-15-5-4-8-29(15)35(3,30)31;1-13-8-15-17(28-13)5-6-19(22(15)24)31-23-16-9-20(29-2)21(10-18(16)26-12-27-23)30-11-14-4-3-7-25-14/h6-7,9-11,13,15,28H,4-5,8,12H2,1-3H3;5-6,8-10,12,14,25,28H,3-4,7,11H2,1-2H3/t15-;14-/m00/s1. The van der Waals surface area contributed by atoms with Gasteiger partial charge in [-0.2, -0.15) is 4.31 Å². The van der Waals surface area contributed by atoms with Crippen molar-refractivity contribution in [2.75, 3.05) is 46.8 Å². The van der Waals surface area contributed by atoms with Crippen molar-refractivity contribution >= 4 is 53.6 Å². The number of H-pyrrole nitrogens is 2. The van der Waals surface area contributed by atoms with Crippen molar-refractivity contribution in [1.29, 1.82) is 0 Å². The van der Waals surface area contributed by atoms with Gasteiger partial charge in [-0.1, -0.05) is 0 Å². The molecule has 0 bridgehead atoms. The molecule has 0 amide bonds. The number of nitrogens with zero attached hydrogens (tertiary/aromatic N) is 5. The van der Waals surface area contributed by atoms with E-state index in [0.29, 0.717) is 80.3 Å². The molecule has 344 valence electrons. The molecule has 4 aromatic carbocycles. The van der Waals surface area contributed by atoms with Gasteiger partial charge < -0.3 is 43.7 Å². The van der Waals surface area contributed by atoms with Gasteiger partial charge in [-0.25, -0.2) is 37.1 Å². The average molecular weight is 923 g/mol. The summed E-state index contributed by atoms with van der Waals surface area (Å²) in [5, 5.41) is 5.44. The highest BCUT2D eigenvalue weighted by Gasteiger charge is 2.32. The topological polar surface area (TPSA) is 188 Å². The molecule has 2 aliphatic heterocycles. The molecule has 0 radical (unpaired) electrons. The third-order valence-electron chi connectivity index (χ3n) is 11.6. The molecule has 0 aliphatic carbocycles. The zero-order chi connectivity index (χ0) is 46.1. The van der Waals surface area contributed by atoms with E-state index < -0.39 is 21.7 Å². The van der Waals surface area contributed by atoms with Crippen molar-refractivity contribution < 1.29 is 45.6 Å². The number of halogens is 2. The van der Waals surface area contributed by atoms with Gasteiger partial charge in [0.15, 0.2) is 46.1 Å². The van der Waals surface area contributed by atoms with E-state index in [1.165, 1.54) is 30.3 Å². The molecule has 3 N–H and O–H groups in total. The van der Waals surface area contributed by atoms with Crippen molar-refractivity contribution in [3.8, 4) is 46.3 Å². The van der Waals surface area contributed by atoms with Gasteiger partial charge in [-0.15, -0.1) is 0 Å². The summed E-state index contributed by atoms with van der Waals surface area (Å²) in [6, 6.07) is 17.1. The van der Waals surface area contributed by atoms with E-state index in [4.69, 9.17) is 28.4 Å². The Morgan fingerprint density at radius 2 is 1.18 bits per heavy atom. The van der Waals surface area contributed by atoms with Crippen molar-refractivity contribution in [1.82, 2.24) is 39.5 Å². The molecule has 0 unspecified atom stereocenters. The van der Waals surface area contributed by atoms with Gasteiger partial charge in [-0.3, -0.25) is 0 Å². The Bertz CT molecular complexity index is 3200. The quantitative estimate of drug-likeness (QED) is 0.0998. The molecule has 2 saturated heterocycles. The first kappa shape index (κ1) is 44.4. The third kappa shape index (κ3) is 9.18. The van der Waals surface area contributed by atoms with E-state index in [9.17, 15) is 12.8 Å². The van der Waals surface area contributed by atoms with Crippen LogP contribution in [0, 0.1) is 25.5 Å². The Hall–Kier alpha value is -6.83. The fourth-order valence-electron chi connectivity index (χ4n) is 8.42. The first-order valence-corrected chi connectivity index (χ1v) is 23.2. The fraction of sp³-hybridized carbons (Fsp3) is 0.319. The van der Waals surface area contributed by atoms with Gasteiger partial charge in [0.1, 0.15) is 25.9 Å². The Balaban J connectivity index is 0.000000167. The zero-order valence-electron chi connectivity index (χ0n) is 36.9. The van der Waals surface area contributed by atoms with Crippen LogP contribution in [0.25, 0.3) is 43.6 Å². The number of nitrogens with one attached hydrogen (secondary N) is 3. The maximum absolute atomic E-state index is 15.1. The smallest absolute Gasteiger partial charge is 0.230 e. The van der Waals surface area contributed by atoms with Gasteiger partial charge in [0, 0.05) is 57.9 Å². The number of aryl methyl sites for hydroxylation is 2. The van der Waals surface area contributed by atoms with Gasteiger partial charge in [0.25, 0.3) is 0 Å². The van der Waals surface area contributed by atoms with E-state index in [-0.39, 0.29) is 35.9 Å². The number of hydrogen-bond donors (Lipinski definition) is 3. The SMILES string of the molecule is COc1cc2c(Oc3ccc4[nH]c(C)cc4c3F)ncnc2cc1OC[C@@H]1CCCN1.COc1cc2c(Oc3ccc4[nH]c(C)cc4c3F)ncnc2cc1OC[C@@H]1CCCN1S(C)(=O)=O. The molecule has 6 heterocycles. The fourth-order valence-corrected chi connectivity index (χ4v) is 9.59.